The van der Waals surface area contributed by atoms with E-state index in [-0.39, 0.29) is 23.1 Å². The van der Waals surface area contributed by atoms with Crippen LogP contribution in [0.4, 0.5) is 27.8 Å². The number of hydrogen-bond acceptors (Lipinski definition) is 4. The van der Waals surface area contributed by atoms with E-state index in [1.165, 1.54) is 6.92 Å². The van der Waals surface area contributed by atoms with Gasteiger partial charge in [0.15, 0.2) is 6.61 Å². The maximum atomic E-state index is 12.8. The quantitative estimate of drug-likeness (QED) is 0.849. The molecule has 0 saturated carbocycles. The van der Waals surface area contributed by atoms with E-state index in [0.29, 0.717) is 12.8 Å². The second-order valence-electron chi connectivity index (χ2n) is 4.20. The predicted octanol–water partition coefficient (Wildman–Crippen LogP) is 2.90. The van der Waals surface area contributed by atoms with Crippen LogP contribution in [-0.2, 0) is 6.42 Å². The lowest BCUT2D eigenvalue weighted by molar-refractivity contribution is -0.290. The molecule has 0 bridgehead atoms. The molecule has 1 aromatic rings. The number of aryl methyl sites for hydroxylation is 1. The van der Waals surface area contributed by atoms with E-state index >= 15 is 0 Å². The van der Waals surface area contributed by atoms with Gasteiger partial charge in [0.1, 0.15) is 11.6 Å². The number of nitrogens with two attached hydrogens (primary N) is 1. The van der Waals surface area contributed by atoms with Crippen molar-refractivity contribution in [2.24, 2.45) is 0 Å². The highest BCUT2D eigenvalue weighted by molar-refractivity contribution is 5.44. The fraction of sp³-hybridized carbons (Fsp3) is 0.636. The van der Waals surface area contributed by atoms with Gasteiger partial charge in [-0.05, 0) is 13.3 Å². The summed E-state index contributed by atoms with van der Waals surface area (Å²) in [7, 11) is 0. The molecule has 1 rings (SSSR count). The van der Waals surface area contributed by atoms with Crippen molar-refractivity contribution < 1.29 is 26.7 Å². The van der Waals surface area contributed by atoms with Crippen LogP contribution in [0.25, 0.3) is 0 Å². The Balaban J connectivity index is 2.92. The normalized spacial score (nSPS) is 12.6. The van der Waals surface area contributed by atoms with Gasteiger partial charge in [0.05, 0.1) is 5.56 Å². The molecule has 1 aromatic heterocycles. The fourth-order valence-corrected chi connectivity index (χ4v) is 1.28. The summed E-state index contributed by atoms with van der Waals surface area (Å²) in [6, 6.07) is 0. The van der Waals surface area contributed by atoms with Gasteiger partial charge in [-0.2, -0.15) is 26.9 Å². The first-order chi connectivity index (χ1) is 9.08. The first kappa shape index (κ1) is 16.4. The van der Waals surface area contributed by atoms with Gasteiger partial charge in [0.25, 0.3) is 0 Å². The lowest BCUT2D eigenvalue weighted by Gasteiger charge is -2.20. The molecule has 0 aliphatic carbocycles. The molecule has 4 nitrogen and oxygen atoms in total. The summed E-state index contributed by atoms with van der Waals surface area (Å²) in [6.45, 7) is 1.36. The van der Waals surface area contributed by atoms with Crippen molar-refractivity contribution in [3.05, 3.63) is 11.4 Å². The summed E-state index contributed by atoms with van der Waals surface area (Å²) in [5, 5.41) is 0. The van der Waals surface area contributed by atoms with Gasteiger partial charge in [-0.1, -0.05) is 6.92 Å². The Hall–Kier alpha value is -1.67. The van der Waals surface area contributed by atoms with Crippen LogP contribution in [0.5, 0.6) is 5.88 Å². The van der Waals surface area contributed by atoms with Gasteiger partial charge in [-0.15, -0.1) is 0 Å². The van der Waals surface area contributed by atoms with Crippen LogP contribution in [0.3, 0.4) is 0 Å². The van der Waals surface area contributed by atoms with Crippen molar-refractivity contribution in [2.75, 3.05) is 12.3 Å². The predicted molar refractivity (Wildman–Crippen MR) is 61.7 cm³/mol. The Morgan fingerprint density at radius 1 is 1.15 bits per heavy atom. The molecule has 0 unspecified atom stereocenters. The first-order valence-electron chi connectivity index (χ1n) is 5.79. The minimum absolute atomic E-state index is 0.00576. The van der Waals surface area contributed by atoms with Crippen molar-refractivity contribution in [1.29, 1.82) is 0 Å². The first-order valence-corrected chi connectivity index (χ1v) is 5.79. The van der Waals surface area contributed by atoms with E-state index in [1.807, 2.05) is 6.92 Å². The third-order valence-corrected chi connectivity index (χ3v) is 2.46. The maximum absolute atomic E-state index is 12.8. The lowest BCUT2D eigenvalue weighted by Crippen LogP contribution is -2.42. The third kappa shape index (κ3) is 3.67. The summed E-state index contributed by atoms with van der Waals surface area (Å²) in [5.41, 5.74) is 5.66. The van der Waals surface area contributed by atoms with Crippen LogP contribution in [-0.4, -0.2) is 28.7 Å². The molecule has 114 valence electrons. The molecule has 9 heteroatoms. The van der Waals surface area contributed by atoms with E-state index in [2.05, 4.69) is 14.7 Å². The molecule has 2 N–H and O–H groups in total. The Bertz CT molecular complexity index is 476. The average molecular weight is 299 g/mol. The second-order valence-corrected chi connectivity index (χ2v) is 4.20. The molecule has 0 atom stereocenters. The van der Waals surface area contributed by atoms with Gasteiger partial charge in [-0.3, -0.25) is 0 Å². The number of aromatic nitrogens is 2. The van der Waals surface area contributed by atoms with Gasteiger partial charge in [0.2, 0.25) is 5.88 Å². The van der Waals surface area contributed by atoms with Crippen LogP contribution in [0.15, 0.2) is 0 Å². The van der Waals surface area contributed by atoms with Crippen molar-refractivity contribution in [2.45, 2.75) is 38.8 Å². The molecule has 0 fully saturated rings. The summed E-state index contributed by atoms with van der Waals surface area (Å²) in [4.78, 5) is 7.69. The van der Waals surface area contributed by atoms with E-state index in [9.17, 15) is 22.0 Å². The van der Waals surface area contributed by atoms with Gasteiger partial charge < -0.3 is 10.5 Å². The third-order valence-electron chi connectivity index (χ3n) is 2.46. The van der Waals surface area contributed by atoms with Crippen LogP contribution >= 0.6 is 0 Å². The van der Waals surface area contributed by atoms with E-state index < -0.39 is 18.7 Å². The summed E-state index contributed by atoms with van der Waals surface area (Å²) in [6.07, 6.45) is -4.59. The number of hydrogen-bond donors (Lipinski definition) is 1. The molecule has 0 saturated heterocycles. The lowest BCUT2D eigenvalue weighted by atomic mass is 10.3. The fourth-order valence-electron chi connectivity index (χ4n) is 1.28. The maximum Gasteiger partial charge on any atom is 0.456 e. The van der Waals surface area contributed by atoms with Crippen molar-refractivity contribution in [3.8, 4) is 5.88 Å². The summed E-state index contributed by atoms with van der Waals surface area (Å²) < 4.78 is 66.1. The zero-order valence-electron chi connectivity index (χ0n) is 10.9. The highest BCUT2D eigenvalue weighted by atomic mass is 19.4. The van der Waals surface area contributed by atoms with E-state index in [1.54, 1.807) is 0 Å². The van der Waals surface area contributed by atoms with Crippen LogP contribution in [0.2, 0.25) is 0 Å². The largest absolute Gasteiger partial charge is 0.471 e. The number of ether oxygens (including phenoxy) is 1. The minimum Gasteiger partial charge on any atom is -0.471 e. The summed E-state index contributed by atoms with van der Waals surface area (Å²) in [5.74, 6) is -5.08. The molecule has 1 heterocycles. The number of anilines is 1. The molecule has 0 spiro atoms. The Kier molecular flexibility index (Phi) is 4.72. The zero-order chi connectivity index (χ0) is 15.6. The SMILES string of the molecule is CCCc1nc(N)c(C)c(OCC(F)(F)C(F)(F)F)n1. The van der Waals surface area contributed by atoms with Crippen molar-refractivity contribution >= 4 is 5.82 Å². The Morgan fingerprint density at radius 3 is 2.25 bits per heavy atom. The number of alkyl halides is 5. The average Bonchev–Trinajstić information content (AvgIpc) is 2.30. The summed E-state index contributed by atoms with van der Waals surface area (Å²) >= 11 is 0. The molecule has 0 aliphatic rings. The van der Waals surface area contributed by atoms with Gasteiger partial charge >= 0.3 is 12.1 Å². The van der Waals surface area contributed by atoms with Crippen molar-refractivity contribution in [3.63, 3.8) is 0 Å². The molecule has 0 aliphatic heterocycles. The molecule has 0 radical (unpaired) electrons. The Labute approximate surface area is 112 Å². The van der Waals surface area contributed by atoms with E-state index in [4.69, 9.17) is 5.73 Å². The van der Waals surface area contributed by atoms with Crippen molar-refractivity contribution in [1.82, 2.24) is 9.97 Å². The molecular formula is C11H14F5N3O. The minimum atomic E-state index is -5.67. The highest BCUT2D eigenvalue weighted by Gasteiger charge is 2.58. The number of rotatable bonds is 5. The number of nitrogens with zero attached hydrogens (tertiary/aromatic N) is 2. The smallest absolute Gasteiger partial charge is 0.456 e. The zero-order valence-corrected chi connectivity index (χ0v) is 10.9. The van der Waals surface area contributed by atoms with Gasteiger partial charge in [-0.25, -0.2) is 4.98 Å². The van der Waals surface area contributed by atoms with Gasteiger partial charge in [0, 0.05) is 6.42 Å². The van der Waals surface area contributed by atoms with Crippen LogP contribution in [0.1, 0.15) is 24.7 Å². The molecule has 0 aromatic carbocycles. The Morgan fingerprint density at radius 2 is 1.75 bits per heavy atom. The van der Waals surface area contributed by atoms with Crippen LogP contribution < -0.4 is 10.5 Å². The standard InChI is InChI=1S/C11H14F5N3O/c1-3-4-7-18-8(17)6(2)9(19-7)20-5-10(12,13)11(14,15)16/h3-5H2,1-2H3,(H2,17,18,19). The molecule has 20 heavy (non-hydrogen) atoms. The highest BCUT2D eigenvalue weighted by Crippen LogP contribution is 2.36. The van der Waals surface area contributed by atoms with Crippen LogP contribution in [0, 0.1) is 6.92 Å². The number of halogens is 5. The molecular weight excluding hydrogens is 285 g/mol. The topological polar surface area (TPSA) is 61.0 Å². The number of nitrogen functional groups attached to an aromatic ring is 1. The molecule has 0 amide bonds. The monoisotopic (exact) mass is 299 g/mol. The second kappa shape index (κ2) is 5.76. The van der Waals surface area contributed by atoms with E-state index in [0.717, 1.165) is 0 Å².